The van der Waals surface area contributed by atoms with Crippen molar-refractivity contribution < 1.29 is 14.3 Å². The number of aryl methyl sites for hydroxylation is 2. The molecular formula is C18H20ClNO3. The van der Waals surface area contributed by atoms with Gasteiger partial charge in [-0.2, -0.15) is 0 Å². The van der Waals surface area contributed by atoms with Crippen LogP contribution in [0.2, 0.25) is 5.02 Å². The molecule has 0 aliphatic carbocycles. The highest BCUT2D eigenvalue weighted by atomic mass is 35.5. The Morgan fingerprint density at radius 2 is 1.70 bits per heavy atom. The quantitative estimate of drug-likeness (QED) is 0.894. The van der Waals surface area contributed by atoms with Crippen molar-refractivity contribution in [3.8, 4) is 11.5 Å². The van der Waals surface area contributed by atoms with Crippen LogP contribution < -0.4 is 14.8 Å². The smallest absolute Gasteiger partial charge is 0.228 e. The van der Waals surface area contributed by atoms with Crippen LogP contribution in [-0.2, 0) is 11.2 Å². The molecule has 0 unspecified atom stereocenters. The first-order chi connectivity index (χ1) is 10.9. The zero-order valence-corrected chi connectivity index (χ0v) is 14.5. The Hall–Kier alpha value is -2.20. The van der Waals surface area contributed by atoms with Crippen molar-refractivity contribution in [3.63, 3.8) is 0 Å². The average Bonchev–Trinajstić information content (AvgIpc) is 2.52. The summed E-state index contributed by atoms with van der Waals surface area (Å²) in [5, 5.41) is 3.49. The second-order valence-electron chi connectivity index (χ2n) is 5.32. The monoisotopic (exact) mass is 333 g/mol. The van der Waals surface area contributed by atoms with Gasteiger partial charge in [0.25, 0.3) is 0 Å². The number of ether oxygens (including phenoxy) is 2. The van der Waals surface area contributed by atoms with Gasteiger partial charge in [0.2, 0.25) is 5.91 Å². The fraction of sp³-hybridized carbons (Fsp3) is 0.278. The third-order valence-electron chi connectivity index (χ3n) is 3.65. The fourth-order valence-corrected chi connectivity index (χ4v) is 2.44. The van der Waals surface area contributed by atoms with Gasteiger partial charge < -0.3 is 14.8 Å². The predicted molar refractivity (Wildman–Crippen MR) is 92.8 cm³/mol. The molecule has 0 atom stereocenters. The third-order valence-corrected chi connectivity index (χ3v) is 4.06. The minimum absolute atomic E-state index is 0.111. The second kappa shape index (κ2) is 7.38. The number of anilines is 1. The molecule has 0 heterocycles. The number of methoxy groups -OCH3 is 2. The lowest BCUT2D eigenvalue weighted by Gasteiger charge is -2.13. The molecule has 0 aliphatic rings. The van der Waals surface area contributed by atoms with Crippen molar-refractivity contribution in [2.75, 3.05) is 19.5 Å². The van der Waals surface area contributed by atoms with E-state index in [0.717, 1.165) is 16.7 Å². The molecule has 0 saturated carbocycles. The van der Waals surface area contributed by atoms with E-state index >= 15 is 0 Å². The lowest BCUT2D eigenvalue weighted by Crippen LogP contribution is -2.15. The topological polar surface area (TPSA) is 47.6 Å². The Bertz CT molecular complexity index is 728. The van der Waals surface area contributed by atoms with Crippen molar-refractivity contribution in [1.82, 2.24) is 0 Å². The molecule has 122 valence electrons. The van der Waals surface area contributed by atoms with Crippen LogP contribution in [0.1, 0.15) is 16.7 Å². The van der Waals surface area contributed by atoms with Gasteiger partial charge in [0, 0.05) is 10.7 Å². The standard InChI is InChI=1S/C18H20ClNO3/c1-11-5-6-14(10-15(11)19)20-18(21)9-13-8-17(23-4)16(22-3)7-12(13)2/h5-8,10H,9H2,1-4H3,(H,20,21). The van der Waals surface area contributed by atoms with Gasteiger partial charge >= 0.3 is 0 Å². The van der Waals surface area contributed by atoms with E-state index in [-0.39, 0.29) is 12.3 Å². The number of hydrogen-bond acceptors (Lipinski definition) is 3. The molecule has 1 N–H and O–H groups in total. The number of halogens is 1. The number of carbonyl (C=O) groups is 1. The zero-order chi connectivity index (χ0) is 17.0. The van der Waals surface area contributed by atoms with Crippen molar-refractivity contribution in [3.05, 3.63) is 52.0 Å². The van der Waals surface area contributed by atoms with Crippen LogP contribution in [0.15, 0.2) is 30.3 Å². The van der Waals surface area contributed by atoms with Gasteiger partial charge in [0.05, 0.1) is 20.6 Å². The highest BCUT2D eigenvalue weighted by Crippen LogP contribution is 2.30. The van der Waals surface area contributed by atoms with Crippen molar-refractivity contribution in [2.45, 2.75) is 20.3 Å². The lowest BCUT2D eigenvalue weighted by atomic mass is 10.0. The van der Waals surface area contributed by atoms with E-state index in [0.29, 0.717) is 22.2 Å². The molecule has 2 rings (SSSR count). The molecule has 0 spiro atoms. The Kier molecular flexibility index (Phi) is 5.50. The highest BCUT2D eigenvalue weighted by molar-refractivity contribution is 6.31. The summed E-state index contributed by atoms with van der Waals surface area (Å²) in [7, 11) is 3.16. The molecule has 0 aliphatic heterocycles. The van der Waals surface area contributed by atoms with Crippen LogP contribution in [0.4, 0.5) is 5.69 Å². The summed E-state index contributed by atoms with van der Waals surface area (Å²) in [6.45, 7) is 3.86. The first-order valence-electron chi connectivity index (χ1n) is 7.22. The van der Waals surface area contributed by atoms with Crippen LogP contribution in [-0.4, -0.2) is 20.1 Å². The molecule has 0 fully saturated rings. The lowest BCUT2D eigenvalue weighted by molar-refractivity contribution is -0.115. The van der Waals surface area contributed by atoms with Crippen LogP contribution in [0.5, 0.6) is 11.5 Å². The number of nitrogens with one attached hydrogen (secondary N) is 1. The van der Waals surface area contributed by atoms with Gasteiger partial charge in [0.1, 0.15) is 0 Å². The number of benzene rings is 2. The summed E-state index contributed by atoms with van der Waals surface area (Å²) >= 11 is 6.07. The van der Waals surface area contributed by atoms with Crippen LogP contribution in [0.25, 0.3) is 0 Å². The first kappa shape index (κ1) is 17.2. The van der Waals surface area contributed by atoms with Crippen LogP contribution in [0.3, 0.4) is 0 Å². The summed E-state index contributed by atoms with van der Waals surface area (Å²) in [6.07, 6.45) is 0.248. The average molecular weight is 334 g/mol. The molecule has 4 nitrogen and oxygen atoms in total. The summed E-state index contributed by atoms with van der Waals surface area (Å²) < 4.78 is 10.5. The van der Waals surface area contributed by atoms with Crippen molar-refractivity contribution in [1.29, 1.82) is 0 Å². The summed E-state index contributed by atoms with van der Waals surface area (Å²) in [5.74, 6) is 1.15. The maximum absolute atomic E-state index is 12.3. The van der Waals surface area contributed by atoms with Crippen molar-refractivity contribution >= 4 is 23.2 Å². The molecule has 0 saturated heterocycles. The fourth-order valence-electron chi connectivity index (χ4n) is 2.26. The summed E-state index contributed by atoms with van der Waals surface area (Å²) in [4.78, 5) is 12.3. The number of amides is 1. The van der Waals surface area contributed by atoms with Gasteiger partial charge in [-0.1, -0.05) is 17.7 Å². The largest absolute Gasteiger partial charge is 0.493 e. The Morgan fingerprint density at radius 3 is 2.30 bits per heavy atom. The Labute approximate surface area is 141 Å². The minimum atomic E-state index is -0.111. The van der Waals surface area contributed by atoms with Gasteiger partial charge in [-0.3, -0.25) is 4.79 Å². The first-order valence-corrected chi connectivity index (χ1v) is 7.60. The SMILES string of the molecule is COc1cc(C)c(CC(=O)Nc2ccc(C)c(Cl)c2)cc1OC. The van der Waals surface area contributed by atoms with E-state index in [4.69, 9.17) is 21.1 Å². The maximum atomic E-state index is 12.3. The van der Waals surface area contributed by atoms with Gasteiger partial charge in [-0.15, -0.1) is 0 Å². The van der Waals surface area contributed by atoms with E-state index in [1.807, 2.05) is 38.1 Å². The second-order valence-corrected chi connectivity index (χ2v) is 5.73. The van der Waals surface area contributed by atoms with Crippen LogP contribution >= 0.6 is 11.6 Å². The van der Waals surface area contributed by atoms with Gasteiger partial charge in [-0.25, -0.2) is 0 Å². The normalized spacial score (nSPS) is 10.3. The van der Waals surface area contributed by atoms with Gasteiger partial charge in [-0.05, 0) is 54.8 Å². The molecule has 0 aromatic heterocycles. The summed E-state index contributed by atoms with van der Waals surface area (Å²) in [5.41, 5.74) is 3.52. The molecule has 1 amide bonds. The molecule has 0 radical (unpaired) electrons. The number of hydrogen-bond donors (Lipinski definition) is 1. The molecule has 5 heteroatoms. The molecular weight excluding hydrogens is 314 g/mol. The maximum Gasteiger partial charge on any atom is 0.228 e. The van der Waals surface area contributed by atoms with Crippen LogP contribution in [0, 0.1) is 13.8 Å². The number of rotatable bonds is 5. The van der Waals surface area contributed by atoms with E-state index in [9.17, 15) is 4.79 Å². The Morgan fingerprint density at radius 1 is 1.04 bits per heavy atom. The van der Waals surface area contributed by atoms with Gasteiger partial charge in [0.15, 0.2) is 11.5 Å². The zero-order valence-electron chi connectivity index (χ0n) is 13.7. The molecule has 2 aromatic rings. The molecule has 0 bridgehead atoms. The van der Waals surface area contributed by atoms with E-state index in [1.54, 1.807) is 20.3 Å². The van der Waals surface area contributed by atoms with Crippen molar-refractivity contribution in [2.24, 2.45) is 0 Å². The summed E-state index contributed by atoms with van der Waals surface area (Å²) in [6, 6.07) is 9.15. The number of carbonyl (C=O) groups excluding carboxylic acids is 1. The van der Waals surface area contributed by atoms with E-state index in [1.165, 1.54) is 0 Å². The highest BCUT2D eigenvalue weighted by Gasteiger charge is 2.12. The van der Waals surface area contributed by atoms with E-state index in [2.05, 4.69) is 5.32 Å². The Balaban J connectivity index is 2.15. The predicted octanol–water partition coefficient (Wildman–Crippen LogP) is 4.16. The minimum Gasteiger partial charge on any atom is -0.493 e. The van der Waals surface area contributed by atoms with E-state index < -0.39 is 0 Å². The molecule has 2 aromatic carbocycles. The third kappa shape index (κ3) is 4.17. The molecule has 23 heavy (non-hydrogen) atoms.